The van der Waals surface area contributed by atoms with Crippen molar-refractivity contribution in [3.63, 3.8) is 0 Å². The maximum absolute atomic E-state index is 12.7. The first-order valence-electron chi connectivity index (χ1n) is 8.96. The van der Waals surface area contributed by atoms with Gasteiger partial charge in [0.05, 0.1) is 22.6 Å². The van der Waals surface area contributed by atoms with Crippen molar-refractivity contribution in [2.45, 2.75) is 33.1 Å². The van der Waals surface area contributed by atoms with Crippen molar-refractivity contribution in [2.75, 3.05) is 0 Å². The third-order valence-electron chi connectivity index (χ3n) is 4.50. The fourth-order valence-corrected chi connectivity index (χ4v) is 2.78. The summed E-state index contributed by atoms with van der Waals surface area (Å²) in [6.07, 6.45) is 0. The molecule has 2 N–H and O–H groups in total. The van der Waals surface area contributed by atoms with E-state index < -0.39 is 17.3 Å². The normalized spacial score (nSPS) is 11.9. The van der Waals surface area contributed by atoms with E-state index in [1.807, 2.05) is 24.3 Å². The molecule has 8 nitrogen and oxygen atoms in total. The molecule has 0 aliphatic carbocycles. The Bertz CT molecular complexity index is 1150. The van der Waals surface area contributed by atoms with E-state index in [1.165, 1.54) is 16.8 Å². The van der Waals surface area contributed by atoms with Crippen LogP contribution in [0.5, 0.6) is 5.75 Å². The highest BCUT2D eigenvalue weighted by Gasteiger charge is 2.15. The molecule has 0 aliphatic rings. The van der Waals surface area contributed by atoms with Crippen LogP contribution in [0.2, 0.25) is 0 Å². The number of carboxylic acid groups (broad SMARTS) is 1. The number of hydrogen-bond donors (Lipinski definition) is 2. The zero-order chi connectivity index (χ0) is 21.3. The number of carbonyl (C=O) groups is 1. The van der Waals surface area contributed by atoms with Crippen LogP contribution in [0, 0.1) is 6.92 Å². The summed E-state index contributed by atoms with van der Waals surface area (Å²) in [6, 6.07) is 11.1. The molecule has 8 heteroatoms. The van der Waals surface area contributed by atoms with Crippen molar-refractivity contribution in [3.8, 4) is 11.4 Å². The van der Waals surface area contributed by atoms with Gasteiger partial charge in [-0.1, -0.05) is 44.7 Å². The van der Waals surface area contributed by atoms with Gasteiger partial charge in [0, 0.05) is 0 Å². The number of nitrogens with zero attached hydrogens (tertiary/aromatic N) is 3. The summed E-state index contributed by atoms with van der Waals surface area (Å²) >= 11 is 0. The number of azo groups is 1. The monoisotopic (exact) mass is 393 g/mol. The number of aromatic nitrogens is 2. The molecule has 0 radical (unpaired) electrons. The molecule has 0 fully saturated rings. The second-order valence-electron chi connectivity index (χ2n) is 7.71. The van der Waals surface area contributed by atoms with E-state index in [-0.39, 0.29) is 22.4 Å². The van der Waals surface area contributed by atoms with Crippen LogP contribution in [0.4, 0.5) is 11.4 Å². The topological polar surface area (TPSA) is 123 Å². The summed E-state index contributed by atoms with van der Waals surface area (Å²) in [7, 11) is 0. The first-order valence-corrected chi connectivity index (χ1v) is 8.96. The van der Waals surface area contributed by atoms with Crippen LogP contribution in [0.15, 0.2) is 57.5 Å². The molecule has 150 valence electrons. The Labute approximate surface area is 167 Å². The summed E-state index contributed by atoms with van der Waals surface area (Å²) in [5.41, 5.74) is 1.79. The molecule has 0 saturated heterocycles. The summed E-state index contributed by atoms with van der Waals surface area (Å²) in [6.45, 7) is 8.01. The molecule has 0 amide bonds. The van der Waals surface area contributed by atoms with Crippen molar-refractivity contribution in [1.29, 1.82) is 0 Å². The van der Waals surface area contributed by atoms with E-state index in [2.05, 4.69) is 36.1 Å². The van der Waals surface area contributed by atoms with Gasteiger partial charge in [0.2, 0.25) is 0 Å². The van der Waals surface area contributed by atoms with Gasteiger partial charge in [-0.05, 0) is 42.2 Å². The van der Waals surface area contributed by atoms with Crippen molar-refractivity contribution in [2.24, 2.45) is 10.2 Å². The second-order valence-corrected chi connectivity index (χ2v) is 7.71. The fourth-order valence-electron chi connectivity index (χ4n) is 2.78. The number of hydrogen-bond acceptors (Lipinski definition) is 5. The van der Waals surface area contributed by atoms with Crippen LogP contribution >= 0.6 is 0 Å². The SMILES string of the molecule is Cc1[nH]n(-c2ccc(C(C)(C)C)cc2)c(=O)c1N=Nc1ccc(C(=O)O)cc1[O-]. The second kappa shape index (κ2) is 7.38. The predicted molar refractivity (Wildman–Crippen MR) is 107 cm³/mol. The van der Waals surface area contributed by atoms with Gasteiger partial charge < -0.3 is 10.2 Å². The Kier molecular flexibility index (Phi) is 5.11. The number of rotatable bonds is 4. The number of nitrogens with one attached hydrogen (secondary N) is 1. The van der Waals surface area contributed by atoms with Crippen LogP contribution in [-0.2, 0) is 5.41 Å². The third-order valence-corrected chi connectivity index (χ3v) is 4.50. The minimum absolute atomic E-state index is 0.000736. The van der Waals surface area contributed by atoms with Gasteiger partial charge in [-0.3, -0.25) is 9.89 Å². The molecular formula is C21H21N4O4-. The van der Waals surface area contributed by atoms with E-state index in [1.54, 1.807) is 6.92 Å². The molecule has 0 spiro atoms. The summed E-state index contributed by atoms with van der Waals surface area (Å²) in [5.74, 6) is -1.78. The molecule has 3 rings (SSSR count). The lowest BCUT2D eigenvalue weighted by molar-refractivity contribution is -0.267. The summed E-state index contributed by atoms with van der Waals surface area (Å²) in [4.78, 5) is 23.6. The number of benzene rings is 2. The van der Waals surface area contributed by atoms with Crippen LogP contribution in [0.1, 0.15) is 42.4 Å². The average Bonchev–Trinajstić information content (AvgIpc) is 2.94. The van der Waals surface area contributed by atoms with Gasteiger partial charge in [0.25, 0.3) is 5.56 Å². The highest BCUT2D eigenvalue weighted by Crippen LogP contribution is 2.27. The van der Waals surface area contributed by atoms with Gasteiger partial charge in [-0.25, -0.2) is 9.48 Å². The Balaban J connectivity index is 1.93. The molecule has 29 heavy (non-hydrogen) atoms. The summed E-state index contributed by atoms with van der Waals surface area (Å²) in [5, 5.41) is 31.6. The number of aromatic amines is 1. The standard InChI is InChI=1S/C21H22N4O4/c1-12-18(23-22-16-10-5-13(20(28)29)11-17(16)26)19(27)25(24-12)15-8-6-14(7-9-15)21(2,3)4/h5-11,24,26H,1-4H3,(H,28,29)/p-1. The highest BCUT2D eigenvalue weighted by molar-refractivity contribution is 5.88. The highest BCUT2D eigenvalue weighted by atomic mass is 16.4. The van der Waals surface area contributed by atoms with Crippen LogP contribution in [-0.4, -0.2) is 20.9 Å². The quantitative estimate of drug-likeness (QED) is 0.651. The van der Waals surface area contributed by atoms with Crippen molar-refractivity contribution < 1.29 is 15.0 Å². The number of carboxylic acids is 1. The maximum Gasteiger partial charge on any atom is 0.335 e. The molecule has 0 atom stereocenters. The van der Waals surface area contributed by atoms with Gasteiger partial charge in [0.1, 0.15) is 0 Å². The van der Waals surface area contributed by atoms with Crippen molar-refractivity contribution in [3.05, 3.63) is 69.6 Å². The Morgan fingerprint density at radius 1 is 1.10 bits per heavy atom. The molecule has 0 bridgehead atoms. The van der Waals surface area contributed by atoms with Gasteiger partial charge in [-0.15, -0.1) is 5.11 Å². The molecule has 2 aromatic carbocycles. The van der Waals surface area contributed by atoms with Crippen LogP contribution in [0.25, 0.3) is 5.69 Å². The Morgan fingerprint density at radius 2 is 1.76 bits per heavy atom. The lowest BCUT2D eigenvalue weighted by Crippen LogP contribution is -2.15. The molecule has 0 saturated carbocycles. The fraction of sp³-hybridized carbons (Fsp3) is 0.238. The third kappa shape index (κ3) is 4.11. The first kappa shape index (κ1) is 20.1. The lowest BCUT2D eigenvalue weighted by atomic mass is 9.87. The first-order chi connectivity index (χ1) is 13.6. The summed E-state index contributed by atoms with van der Waals surface area (Å²) < 4.78 is 1.36. The van der Waals surface area contributed by atoms with E-state index in [0.717, 1.165) is 11.6 Å². The number of H-pyrrole nitrogens is 1. The van der Waals surface area contributed by atoms with Gasteiger partial charge in [0.15, 0.2) is 5.69 Å². The minimum atomic E-state index is -1.20. The Hall–Kier alpha value is -3.68. The molecule has 1 aromatic heterocycles. The maximum atomic E-state index is 12.7. The van der Waals surface area contributed by atoms with Gasteiger partial charge >= 0.3 is 5.97 Å². The smallest absolute Gasteiger partial charge is 0.335 e. The van der Waals surface area contributed by atoms with E-state index in [9.17, 15) is 14.7 Å². The molecule has 0 aliphatic heterocycles. The average molecular weight is 393 g/mol. The van der Waals surface area contributed by atoms with Crippen LogP contribution in [0.3, 0.4) is 0 Å². The number of aromatic carboxylic acids is 1. The molecule has 0 unspecified atom stereocenters. The van der Waals surface area contributed by atoms with E-state index in [4.69, 9.17) is 5.11 Å². The zero-order valence-corrected chi connectivity index (χ0v) is 16.6. The zero-order valence-electron chi connectivity index (χ0n) is 16.6. The minimum Gasteiger partial charge on any atom is -0.871 e. The van der Waals surface area contributed by atoms with Crippen LogP contribution < -0.4 is 10.7 Å². The van der Waals surface area contributed by atoms with Gasteiger partial charge in [-0.2, -0.15) is 5.11 Å². The Morgan fingerprint density at radius 3 is 2.31 bits per heavy atom. The molecule has 1 heterocycles. The molecular weight excluding hydrogens is 372 g/mol. The lowest BCUT2D eigenvalue weighted by Gasteiger charge is -2.19. The number of aryl methyl sites for hydroxylation is 1. The predicted octanol–water partition coefficient (Wildman–Crippen LogP) is 3.96. The van der Waals surface area contributed by atoms with E-state index >= 15 is 0 Å². The largest absolute Gasteiger partial charge is 0.871 e. The van der Waals surface area contributed by atoms with Crippen molar-refractivity contribution >= 4 is 17.3 Å². The van der Waals surface area contributed by atoms with Crippen molar-refractivity contribution in [1.82, 2.24) is 9.78 Å². The van der Waals surface area contributed by atoms with E-state index in [0.29, 0.717) is 11.4 Å². The molecule has 3 aromatic rings.